The Balaban J connectivity index is 1.65. The number of benzene rings is 2. The van der Waals surface area contributed by atoms with Crippen LogP contribution in [0.4, 0.5) is 5.69 Å². The predicted molar refractivity (Wildman–Crippen MR) is 96.6 cm³/mol. The zero-order chi connectivity index (χ0) is 17.6. The number of nitrogens with one attached hydrogen (secondary N) is 1. The number of nitrogen functional groups attached to an aromatic ring is 1. The van der Waals surface area contributed by atoms with Crippen molar-refractivity contribution in [3.8, 4) is 5.75 Å². The molecule has 25 heavy (non-hydrogen) atoms. The Kier molecular flexibility index (Phi) is 3.46. The average Bonchev–Trinajstić information content (AvgIpc) is 2.99. The standard InChI is InChI=1S/C20H20N2O3/c1-20(2)11-15(14-10-13(21)7-8-17(14)25-20)22-19(23)18-9-12-5-3-4-6-16(12)24-18/h3-10,15H,11,21H2,1-2H3,(H,22,23). The number of carbonyl (C=O) groups is 1. The lowest BCUT2D eigenvalue weighted by Gasteiger charge is -2.37. The minimum atomic E-state index is -0.380. The van der Waals surface area contributed by atoms with Crippen LogP contribution in [0.3, 0.4) is 0 Å². The van der Waals surface area contributed by atoms with Crippen LogP contribution in [0.1, 0.15) is 42.4 Å². The molecule has 5 heteroatoms. The molecular weight excluding hydrogens is 316 g/mol. The summed E-state index contributed by atoms with van der Waals surface area (Å²) in [6.07, 6.45) is 0.648. The molecule has 0 saturated carbocycles. The summed E-state index contributed by atoms with van der Waals surface area (Å²) >= 11 is 0. The molecule has 2 heterocycles. The molecule has 0 aliphatic carbocycles. The SMILES string of the molecule is CC1(C)CC(NC(=O)c2cc3ccccc3o2)c2cc(N)ccc2O1. The molecule has 1 aliphatic heterocycles. The summed E-state index contributed by atoms with van der Waals surface area (Å²) < 4.78 is 11.7. The number of para-hydroxylation sites is 1. The van der Waals surface area contributed by atoms with Crippen molar-refractivity contribution >= 4 is 22.6 Å². The molecule has 0 bridgehead atoms. The molecule has 3 N–H and O–H groups in total. The molecule has 0 saturated heterocycles. The Morgan fingerprint density at radius 1 is 1.20 bits per heavy atom. The predicted octanol–water partition coefficient (Wildman–Crippen LogP) is 4.05. The highest BCUT2D eigenvalue weighted by Gasteiger charge is 2.35. The first kappa shape index (κ1) is 15.6. The van der Waals surface area contributed by atoms with Gasteiger partial charge >= 0.3 is 0 Å². The van der Waals surface area contributed by atoms with Crippen LogP contribution in [0.5, 0.6) is 5.75 Å². The van der Waals surface area contributed by atoms with Gasteiger partial charge < -0.3 is 20.2 Å². The first-order valence-electron chi connectivity index (χ1n) is 8.29. The van der Waals surface area contributed by atoms with E-state index in [0.717, 1.165) is 16.7 Å². The van der Waals surface area contributed by atoms with Crippen LogP contribution >= 0.6 is 0 Å². The lowest BCUT2D eigenvalue weighted by Crippen LogP contribution is -2.41. The minimum absolute atomic E-state index is 0.192. The maximum Gasteiger partial charge on any atom is 0.287 e. The van der Waals surface area contributed by atoms with Gasteiger partial charge in [-0.05, 0) is 44.2 Å². The largest absolute Gasteiger partial charge is 0.487 e. The molecule has 1 amide bonds. The Bertz CT molecular complexity index is 925. The smallest absolute Gasteiger partial charge is 0.287 e. The first-order valence-corrected chi connectivity index (χ1v) is 8.29. The number of nitrogens with two attached hydrogens (primary N) is 1. The Morgan fingerprint density at radius 3 is 2.80 bits per heavy atom. The molecule has 0 spiro atoms. The number of rotatable bonds is 2. The summed E-state index contributed by atoms with van der Waals surface area (Å²) in [5.74, 6) is 0.809. The van der Waals surface area contributed by atoms with Gasteiger partial charge in [0.2, 0.25) is 0 Å². The fourth-order valence-electron chi connectivity index (χ4n) is 3.33. The second-order valence-electron chi connectivity index (χ2n) is 7.04. The van der Waals surface area contributed by atoms with Gasteiger partial charge in [-0.3, -0.25) is 4.79 Å². The van der Waals surface area contributed by atoms with Gasteiger partial charge in [-0.2, -0.15) is 0 Å². The number of carbonyl (C=O) groups excluding carboxylic acids is 1. The van der Waals surface area contributed by atoms with Gasteiger partial charge in [0.05, 0.1) is 6.04 Å². The van der Waals surface area contributed by atoms with Gasteiger partial charge in [-0.1, -0.05) is 18.2 Å². The van der Waals surface area contributed by atoms with Crippen LogP contribution < -0.4 is 15.8 Å². The normalized spacial score (nSPS) is 18.4. The third kappa shape index (κ3) is 2.93. The highest BCUT2D eigenvalue weighted by Crippen LogP contribution is 2.40. The van der Waals surface area contributed by atoms with Crippen molar-refractivity contribution in [2.45, 2.75) is 31.9 Å². The number of ether oxygens (including phenoxy) is 1. The van der Waals surface area contributed by atoms with Crippen molar-refractivity contribution in [2.75, 3.05) is 5.73 Å². The summed E-state index contributed by atoms with van der Waals surface area (Å²) in [6.45, 7) is 4.01. The molecule has 2 aromatic carbocycles. The summed E-state index contributed by atoms with van der Waals surface area (Å²) in [5.41, 5.74) is 7.77. The van der Waals surface area contributed by atoms with E-state index in [-0.39, 0.29) is 17.6 Å². The van der Waals surface area contributed by atoms with Crippen molar-refractivity contribution in [3.63, 3.8) is 0 Å². The zero-order valence-electron chi connectivity index (χ0n) is 14.2. The molecule has 1 atom stereocenters. The molecule has 1 aromatic heterocycles. The number of furan rings is 1. The summed E-state index contributed by atoms with van der Waals surface area (Å²) in [7, 11) is 0. The molecule has 0 radical (unpaired) electrons. The molecule has 128 valence electrons. The van der Waals surface area contributed by atoms with E-state index in [2.05, 4.69) is 5.32 Å². The second kappa shape index (κ2) is 5.55. The van der Waals surface area contributed by atoms with E-state index in [0.29, 0.717) is 23.5 Å². The van der Waals surface area contributed by atoms with E-state index in [1.54, 1.807) is 12.1 Å². The quantitative estimate of drug-likeness (QED) is 0.692. The van der Waals surface area contributed by atoms with E-state index in [1.807, 2.05) is 50.2 Å². The van der Waals surface area contributed by atoms with Gasteiger partial charge in [-0.15, -0.1) is 0 Å². The van der Waals surface area contributed by atoms with Crippen molar-refractivity contribution in [1.29, 1.82) is 0 Å². The molecule has 1 unspecified atom stereocenters. The lowest BCUT2D eigenvalue weighted by molar-refractivity contribution is 0.0612. The highest BCUT2D eigenvalue weighted by molar-refractivity contribution is 5.96. The fourth-order valence-corrected chi connectivity index (χ4v) is 3.33. The Labute approximate surface area is 145 Å². The van der Waals surface area contributed by atoms with Crippen LogP contribution in [-0.2, 0) is 0 Å². The monoisotopic (exact) mass is 336 g/mol. The number of anilines is 1. The van der Waals surface area contributed by atoms with Crippen LogP contribution in [0, 0.1) is 0 Å². The molecule has 5 nitrogen and oxygen atoms in total. The van der Waals surface area contributed by atoms with Gasteiger partial charge in [0.25, 0.3) is 5.91 Å². The molecular formula is C20H20N2O3. The van der Waals surface area contributed by atoms with Crippen LogP contribution in [-0.4, -0.2) is 11.5 Å². The number of fused-ring (bicyclic) bond motifs is 2. The maximum absolute atomic E-state index is 12.7. The zero-order valence-corrected chi connectivity index (χ0v) is 14.2. The van der Waals surface area contributed by atoms with E-state index in [9.17, 15) is 4.79 Å². The first-order chi connectivity index (χ1) is 11.9. The molecule has 3 aromatic rings. The third-order valence-corrected chi connectivity index (χ3v) is 4.45. The van der Waals surface area contributed by atoms with Crippen molar-refractivity contribution < 1.29 is 13.9 Å². The van der Waals surface area contributed by atoms with Gasteiger partial charge in [0, 0.05) is 23.1 Å². The Hall–Kier alpha value is -2.95. The van der Waals surface area contributed by atoms with E-state index in [1.165, 1.54) is 0 Å². The summed E-state index contributed by atoms with van der Waals surface area (Å²) in [6, 6.07) is 14.6. The van der Waals surface area contributed by atoms with Crippen molar-refractivity contribution in [2.24, 2.45) is 0 Å². The van der Waals surface area contributed by atoms with Gasteiger partial charge in [0.1, 0.15) is 16.9 Å². The highest BCUT2D eigenvalue weighted by atomic mass is 16.5. The van der Waals surface area contributed by atoms with Crippen molar-refractivity contribution in [3.05, 3.63) is 59.9 Å². The van der Waals surface area contributed by atoms with Gasteiger partial charge in [-0.25, -0.2) is 0 Å². The lowest BCUT2D eigenvalue weighted by atomic mass is 9.89. The molecule has 4 rings (SSSR count). The van der Waals surface area contributed by atoms with E-state index < -0.39 is 0 Å². The topological polar surface area (TPSA) is 77.5 Å². The fraction of sp³-hybridized carbons (Fsp3) is 0.250. The van der Waals surface area contributed by atoms with Crippen molar-refractivity contribution in [1.82, 2.24) is 5.32 Å². The second-order valence-corrected chi connectivity index (χ2v) is 7.04. The summed E-state index contributed by atoms with van der Waals surface area (Å²) in [5, 5.41) is 3.97. The average molecular weight is 336 g/mol. The number of amides is 1. The van der Waals surface area contributed by atoms with Crippen LogP contribution in [0.15, 0.2) is 52.9 Å². The molecule has 1 aliphatic rings. The minimum Gasteiger partial charge on any atom is -0.487 e. The van der Waals surface area contributed by atoms with Gasteiger partial charge in [0.15, 0.2) is 5.76 Å². The maximum atomic E-state index is 12.7. The van der Waals surface area contributed by atoms with Crippen LogP contribution in [0.25, 0.3) is 11.0 Å². The van der Waals surface area contributed by atoms with E-state index in [4.69, 9.17) is 14.9 Å². The third-order valence-electron chi connectivity index (χ3n) is 4.45. The summed E-state index contributed by atoms with van der Waals surface area (Å²) in [4.78, 5) is 12.7. The van der Waals surface area contributed by atoms with Crippen LogP contribution in [0.2, 0.25) is 0 Å². The molecule has 0 fully saturated rings. The van der Waals surface area contributed by atoms with E-state index >= 15 is 0 Å². The Morgan fingerprint density at radius 2 is 2.00 bits per heavy atom. The number of hydrogen-bond donors (Lipinski definition) is 2. The number of hydrogen-bond acceptors (Lipinski definition) is 4.